The van der Waals surface area contributed by atoms with Crippen molar-refractivity contribution in [2.45, 2.75) is 109 Å². The van der Waals surface area contributed by atoms with Crippen LogP contribution in [0.2, 0.25) is 0 Å². The van der Waals surface area contributed by atoms with E-state index in [2.05, 4.69) is 31.1 Å². The second-order valence-electron chi connectivity index (χ2n) is 14.7. The molecular formula is C35H53N7O10. The van der Waals surface area contributed by atoms with Crippen molar-refractivity contribution < 1.29 is 48.8 Å². The third-order valence-corrected chi connectivity index (χ3v) is 9.22. The van der Waals surface area contributed by atoms with Gasteiger partial charge in [-0.2, -0.15) is 0 Å². The summed E-state index contributed by atoms with van der Waals surface area (Å²) in [6, 6.07) is -0.0911. The predicted molar refractivity (Wildman–Crippen MR) is 186 cm³/mol. The maximum absolute atomic E-state index is 13.8. The smallest absolute Gasteiger partial charge is 0.286 e. The number of aliphatic hydroxyl groups is 3. The number of amides is 4. The van der Waals surface area contributed by atoms with Gasteiger partial charge in [0, 0.05) is 18.5 Å². The first-order valence-corrected chi connectivity index (χ1v) is 17.6. The van der Waals surface area contributed by atoms with E-state index in [0.717, 1.165) is 0 Å². The van der Waals surface area contributed by atoms with Crippen LogP contribution in [0, 0.1) is 11.8 Å². The predicted octanol–water partition coefficient (Wildman–Crippen LogP) is 0.609. The molecule has 1 aliphatic rings. The average Bonchev–Trinajstić information content (AvgIpc) is 3.80. The zero-order valence-corrected chi connectivity index (χ0v) is 30.7. The van der Waals surface area contributed by atoms with E-state index in [1.54, 1.807) is 27.7 Å². The van der Waals surface area contributed by atoms with Gasteiger partial charge in [-0.15, -0.1) is 10.2 Å². The molecule has 0 unspecified atom stereocenters. The normalized spacial score (nSPS) is 16.1. The van der Waals surface area contributed by atoms with Gasteiger partial charge in [-0.3, -0.25) is 24.0 Å². The van der Waals surface area contributed by atoms with Crippen molar-refractivity contribution in [1.82, 2.24) is 36.0 Å². The zero-order valence-electron chi connectivity index (χ0n) is 30.7. The third-order valence-electron chi connectivity index (χ3n) is 9.22. The van der Waals surface area contributed by atoms with E-state index in [1.165, 1.54) is 23.2 Å². The topological polar surface area (TPSA) is 257 Å². The van der Waals surface area contributed by atoms with Gasteiger partial charge >= 0.3 is 0 Å². The lowest BCUT2D eigenvalue weighted by Crippen LogP contribution is -2.57. The van der Waals surface area contributed by atoms with Gasteiger partial charge < -0.3 is 45.7 Å². The number of hydrogen-bond donors (Lipinski definition) is 7. The summed E-state index contributed by atoms with van der Waals surface area (Å²) in [5.41, 5.74) is -2.07. The van der Waals surface area contributed by atoms with E-state index in [1.807, 2.05) is 13.8 Å². The van der Waals surface area contributed by atoms with Crippen LogP contribution in [0.15, 0.2) is 22.7 Å². The molecular weight excluding hydrogens is 678 g/mol. The summed E-state index contributed by atoms with van der Waals surface area (Å²) >= 11 is 0. The number of aromatic hydroxyl groups is 1. The first-order chi connectivity index (χ1) is 24.5. The number of likely N-dealkylation sites (tertiary alicyclic amines) is 1. The molecule has 0 spiro atoms. The van der Waals surface area contributed by atoms with Crippen LogP contribution in [0.1, 0.15) is 107 Å². The summed E-state index contributed by atoms with van der Waals surface area (Å²) in [6.07, 6.45) is 3.92. The number of nitrogens with one attached hydrogen (secondary N) is 3. The van der Waals surface area contributed by atoms with Gasteiger partial charge in [-0.25, -0.2) is 4.98 Å². The number of hydrogen-bond acceptors (Lipinski definition) is 13. The fourth-order valence-corrected chi connectivity index (χ4v) is 5.86. The maximum Gasteiger partial charge on any atom is 0.286 e. The van der Waals surface area contributed by atoms with Gasteiger partial charge in [-0.05, 0) is 63.5 Å². The van der Waals surface area contributed by atoms with Crippen molar-refractivity contribution in [2.75, 3.05) is 26.4 Å². The monoisotopic (exact) mass is 731 g/mol. The molecule has 1 aliphatic heterocycles. The van der Waals surface area contributed by atoms with Crippen LogP contribution in [0.5, 0.6) is 5.75 Å². The highest BCUT2D eigenvalue weighted by Crippen LogP contribution is 2.24. The number of carbonyl (C=O) groups is 5. The Morgan fingerprint density at radius 3 is 2.17 bits per heavy atom. The number of ketones is 1. The Morgan fingerprint density at radius 1 is 0.942 bits per heavy atom. The van der Waals surface area contributed by atoms with Crippen molar-refractivity contribution in [3.8, 4) is 5.75 Å². The molecule has 0 bridgehead atoms. The molecule has 2 aromatic rings. The van der Waals surface area contributed by atoms with Crippen molar-refractivity contribution in [3.63, 3.8) is 0 Å². The Balaban J connectivity index is 1.58. The van der Waals surface area contributed by atoms with Crippen LogP contribution in [-0.4, -0.2) is 120 Å². The van der Waals surface area contributed by atoms with Crippen LogP contribution in [0.4, 0.5) is 0 Å². The Hall–Kier alpha value is -4.48. The minimum absolute atomic E-state index is 0.0419. The lowest BCUT2D eigenvalue weighted by molar-refractivity contribution is -0.142. The maximum atomic E-state index is 13.8. The second-order valence-corrected chi connectivity index (χ2v) is 14.7. The Labute approximate surface area is 303 Å². The molecule has 17 nitrogen and oxygen atoms in total. The number of carbonyl (C=O) groups excluding carboxylic acids is 5. The lowest BCUT2D eigenvalue weighted by Gasteiger charge is -2.31. The molecule has 52 heavy (non-hydrogen) atoms. The molecule has 3 atom stereocenters. The van der Waals surface area contributed by atoms with Crippen molar-refractivity contribution in [3.05, 3.63) is 35.8 Å². The highest BCUT2D eigenvalue weighted by Gasteiger charge is 2.42. The Kier molecular flexibility index (Phi) is 14.8. The molecule has 1 fully saturated rings. The summed E-state index contributed by atoms with van der Waals surface area (Å²) in [5, 5.41) is 54.4. The SMILES string of the molecule is CC(C)[C@H](NC(=O)[C@@H]1CCCN1C(=O)[C@@H](NC(=O)CCCCC(C)(C)NC(=O)c1ccc(O)cn1)C(C)C)C(=O)c1nnc(C(CO)(CO)CO)o1. The van der Waals surface area contributed by atoms with E-state index in [0.29, 0.717) is 32.1 Å². The largest absolute Gasteiger partial charge is 0.506 e. The minimum atomic E-state index is -1.65. The average molecular weight is 732 g/mol. The summed E-state index contributed by atoms with van der Waals surface area (Å²) in [5.74, 6) is -3.95. The first kappa shape index (κ1) is 41.9. The van der Waals surface area contributed by atoms with E-state index in [4.69, 9.17) is 4.42 Å². The van der Waals surface area contributed by atoms with Crippen molar-refractivity contribution in [1.29, 1.82) is 0 Å². The van der Waals surface area contributed by atoms with Crippen LogP contribution >= 0.6 is 0 Å². The summed E-state index contributed by atoms with van der Waals surface area (Å²) in [6.45, 7) is 8.86. The van der Waals surface area contributed by atoms with Crippen LogP contribution < -0.4 is 16.0 Å². The van der Waals surface area contributed by atoms with E-state index in [-0.39, 0.29) is 48.0 Å². The molecule has 0 saturated carbocycles. The molecule has 3 rings (SSSR count). The highest BCUT2D eigenvalue weighted by atomic mass is 16.4. The Bertz CT molecular complexity index is 1530. The van der Waals surface area contributed by atoms with Gasteiger partial charge in [0.2, 0.25) is 29.4 Å². The van der Waals surface area contributed by atoms with Gasteiger partial charge in [-0.1, -0.05) is 34.1 Å². The summed E-state index contributed by atoms with van der Waals surface area (Å²) < 4.78 is 5.43. The molecule has 7 N–H and O–H groups in total. The van der Waals surface area contributed by atoms with Crippen molar-refractivity contribution in [2.24, 2.45) is 11.8 Å². The first-order valence-electron chi connectivity index (χ1n) is 17.6. The molecule has 4 amide bonds. The molecule has 3 heterocycles. The number of aliphatic hydroxyl groups excluding tert-OH is 3. The summed E-state index contributed by atoms with van der Waals surface area (Å²) in [4.78, 5) is 71.7. The van der Waals surface area contributed by atoms with Gasteiger partial charge in [0.25, 0.3) is 11.8 Å². The zero-order chi connectivity index (χ0) is 38.8. The molecule has 2 aromatic heterocycles. The van der Waals surface area contributed by atoms with Crippen molar-refractivity contribution >= 4 is 29.4 Å². The number of Topliss-reactive ketones (excluding diaryl/α,β-unsaturated/α-hetero) is 1. The number of unbranched alkanes of at least 4 members (excludes halogenated alkanes) is 1. The standard InChI is InChI=1S/C35H53N7O10/c1-20(2)26(28(48)31-40-41-33(52-31)35(17-43,18-44)19-45)38-30(50)24-10-9-15-42(24)32(51)27(21(3)4)37-25(47)11-7-8-14-34(5,6)39-29(49)23-13-12-22(46)16-36-23/h12-13,16,20-21,24,26-27,43-46H,7-11,14-15,17-19H2,1-6H3,(H,37,47)(H,38,50)(H,39,49)/t24-,26-,27-/m0/s1. The molecule has 0 aliphatic carbocycles. The highest BCUT2D eigenvalue weighted by molar-refractivity contribution is 6.00. The van der Waals surface area contributed by atoms with E-state index >= 15 is 0 Å². The third kappa shape index (κ3) is 10.5. The number of nitrogens with zero attached hydrogens (tertiary/aromatic N) is 4. The lowest BCUT2D eigenvalue weighted by atomic mass is 9.91. The number of aromatic nitrogens is 3. The molecule has 17 heteroatoms. The van der Waals surface area contributed by atoms with E-state index < -0.39 is 78.3 Å². The molecule has 288 valence electrons. The van der Waals surface area contributed by atoms with Crippen LogP contribution in [-0.2, 0) is 19.8 Å². The van der Waals surface area contributed by atoms with E-state index in [9.17, 15) is 44.4 Å². The number of rotatable bonds is 19. The molecule has 0 radical (unpaired) electrons. The fourth-order valence-electron chi connectivity index (χ4n) is 5.86. The Morgan fingerprint density at radius 2 is 1.60 bits per heavy atom. The van der Waals surface area contributed by atoms with Gasteiger partial charge in [0.1, 0.15) is 28.9 Å². The molecule has 1 saturated heterocycles. The van der Waals surface area contributed by atoms with Gasteiger partial charge in [0.05, 0.1) is 32.1 Å². The quantitative estimate of drug-likeness (QED) is 0.0773. The molecule has 0 aromatic carbocycles. The second kappa shape index (κ2) is 18.3. The van der Waals surface area contributed by atoms with Crippen LogP contribution in [0.25, 0.3) is 0 Å². The summed E-state index contributed by atoms with van der Waals surface area (Å²) in [7, 11) is 0. The van der Waals surface area contributed by atoms with Crippen LogP contribution in [0.3, 0.4) is 0 Å². The van der Waals surface area contributed by atoms with Gasteiger partial charge in [0.15, 0.2) is 0 Å². The minimum Gasteiger partial charge on any atom is -0.506 e. The number of pyridine rings is 1. The fraction of sp³-hybridized carbons (Fsp3) is 0.657.